The summed E-state index contributed by atoms with van der Waals surface area (Å²) in [5.74, 6) is 0.865. The lowest BCUT2D eigenvalue weighted by Gasteiger charge is -2.32. The van der Waals surface area contributed by atoms with E-state index < -0.39 is 0 Å². The first-order valence-corrected chi connectivity index (χ1v) is 4.67. The minimum Gasteiger partial charge on any atom is -0.488 e. The van der Waals surface area contributed by atoms with Crippen LogP contribution in [-0.2, 0) is 0 Å². The van der Waals surface area contributed by atoms with Crippen molar-refractivity contribution in [1.82, 2.24) is 0 Å². The van der Waals surface area contributed by atoms with Crippen molar-refractivity contribution in [2.75, 3.05) is 0 Å². The van der Waals surface area contributed by atoms with Gasteiger partial charge in [0.25, 0.3) is 0 Å². The number of aliphatic hydroxyl groups excluding tert-OH is 1. The smallest absolute Gasteiger partial charge is 0.125 e. The maximum absolute atomic E-state index is 9.31. The van der Waals surface area contributed by atoms with E-state index in [0.29, 0.717) is 0 Å². The van der Waals surface area contributed by atoms with Gasteiger partial charge in [0.05, 0.1) is 6.10 Å². The molecule has 0 aliphatic heterocycles. The summed E-state index contributed by atoms with van der Waals surface area (Å²) in [7, 11) is 0. The van der Waals surface area contributed by atoms with Crippen LogP contribution in [-0.4, -0.2) is 17.3 Å². The van der Waals surface area contributed by atoms with Gasteiger partial charge in [-0.2, -0.15) is 0 Å². The molecule has 1 aliphatic rings. The summed E-state index contributed by atoms with van der Waals surface area (Å²) >= 11 is 0. The molecule has 2 heteroatoms. The molecule has 1 aromatic carbocycles. The van der Waals surface area contributed by atoms with Crippen molar-refractivity contribution in [1.29, 1.82) is 0 Å². The molecule has 1 N–H and O–H groups in total. The fraction of sp³-hybridized carbons (Fsp3) is 0.455. The molecule has 1 aromatic rings. The zero-order chi connectivity index (χ0) is 9.26. The SMILES string of the molecule is Cc1cccc(O[C@@H]2CC[C@H]2O)c1. The average molecular weight is 178 g/mol. The van der Waals surface area contributed by atoms with E-state index >= 15 is 0 Å². The van der Waals surface area contributed by atoms with Gasteiger partial charge in [-0.1, -0.05) is 12.1 Å². The Labute approximate surface area is 78.2 Å². The monoisotopic (exact) mass is 178 g/mol. The number of hydrogen-bond donors (Lipinski definition) is 1. The van der Waals surface area contributed by atoms with Crippen LogP contribution in [0.4, 0.5) is 0 Å². The van der Waals surface area contributed by atoms with Crippen molar-refractivity contribution in [3.8, 4) is 5.75 Å². The molecule has 0 amide bonds. The second kappa shape index (κ2) is 3.38. The second-order valence-corrected chi connectivity index (χ2v) is 3.62. The van der Waals surface area contributed by atoms with Crippen molar-refractivity contribution < 1.29 is 9.84 Å². The molecule has 1 saturated carbocycles. The lowest BCUT2D eigenvalue weighted by atomic mass is 9.92. The van der Waals surface area contributed by atoms with Gasteiger partial charge in [-0.3, -0.25) is 0 Å². The lowest BCUT2D eigenvalue weighted by molar-refractivity contribution is -0.0361. The van der Waals surface area contributed by atoms with Gasteiger partial charge in [0.1, 0.15) is 11.9 Å². The molecule has 2 nitrogen and oxygen atoms in total. The van der Waals surface area contributed by atoms with Crippen LogP contribution in [0.1, 0.15) is 18.4 Å². The minimum absolute atomic E-state index is 0.0156. The molecular formula is C11H14O2. The standard InChI is InChI=1S/C11H14O2/c1-8-3-2-4-9(7-8)13-11-6-5-10(11)12/h2-4,7,10-12H,5-6H2,1H3/t10-,11-/m1/s1. The van der Waals surface area contributed by atoms with Gasteiger partial charge in [-0.25, -0.2) is 0 Å². The van der Waals surface area contributed by atoms with Gasteiger partial charge in [0.15, 0.2) is 0 Å². The minimum atomic E-state index is -0.263. The highest BCUT2D eigenvalue weighted by atomic mass is 16.5. The summed E-state index contributed by atoms with van der Waals surface area (Å²) in [5.41, 5.74) is 1.19. The highest BCUT2D eigenvalue weighted by molar-refractivity contribution is 5.27. The van der Waals surface area contributed by atoms with E-state index in [0.717, 1.165) is 18.6 Å². The van der Waals surface area contributed by atoms with Crippen molar-refractivity contribution >= 4 is 0 Å². The first-order valence-electron chi connectivity index (χ1n) is 4.67. The second-order valence-electron chi connectivity index (χ2n) is 3.62. The highest BCUT2D eigenvalue weighted by Crippen LogP contribution is 2.25. The fourth-order valence-electron chi connectivity index (χ4n) is 1.45. The Balaban J connectivity index is 2.01. The Morgan fingerprint density at radius 2 is 2.23 bits per heavy atom. The summed E-state index contributed by atoms with van der Waals surface area (Å²) in [5, 5.41) is 9.31. The zero-order valence-corrected chi connectivity index (χ0v) is 7.73. The van der Waals surface area contributed by atoms with Crippen molar-refractivity contribution in [3.63, 3.8) is 0 Å². The Hall–Kier alpha value is -1.02. The first-order chi connectivity index (χ1) is 6.25. The van der Waals surface area contributed by atoms with Gasteiger partial charge in [-0.15, -0.1) is 0 Å². The van der Waals surface area contributed by atoms with Crippen molar-refractivity contribution in [2.24, 2.45) is 0 Å². The van der Waals surface area contributed by atoms with Crippen LogP contribution in [0.25, 0.3) is 0 Å². The van der Waals surface area contributed by atoms with E-state index in [2.05, 4.69) is 0 Å². The van der Waals surface area contributed by atoms with E-state index in [1.165, 1.54) is 5.56 Å². The molecule has 70 valence electrons. The molecular weight excluding hydrogens is 164 g/mol. The van der Waals surface area contributed by atoms with Gasteiger partial charge in [0, 0.05) is 0 Å². The molecule has 1 fully saturated rings. The molecule has 0 aromatic heterocycles. The van der Waals surface area contributed by atoms with Crippen LogP contribution in [0.15, 0.2) is 24.3 Å². The van der Waals surface area contributed by atoms with Crippen LogP contribution in [0.2, 0.25) is 0 Å². The van der Waals surface area contributed by atoms with E-state index in [4.69, 9.17) is 4.74 Å². The van der Waals surface area contributed by atoms with Crippen LogP contribution in [0, 0.1) is 6.92 Å². The van der Waals surface area contributed by atoms with Crippen LogP contribution < -0.4 is 4.74 Å². The molecule has 0 unspecified atom stereocenters. The lowest BCUT2D eigenvalue weighted by Crippen LogP contribution is -2.41. The number of aliphatic hydroxyl groups is 1. The zero-order valence-electron chi connectivity index (χ0n) is 7.73. The maximum atomic E-state index is 9.31. The average Bonchev–Trinajstić information content (AvgIpc) is 2.12. The number of rotatable bonds is 2. The number of aryl methyl sites for hydroxylation is 1. The molecule has 2 atom stereocenters. The Morgan fingerprint density at radius 1 is 1.38 bits per heavy atom. The Kier molecular flexibility index (Phi) is 2.23. The number of ether oxygens (including phenoxy) is 1. The Bertz CT molecular complexity index is 296. The fourth-order valence-corrected chi connectivity index (χ4v) is 1.45. The van der Waals surface area contributed by atoms with Crippen molar-refractivity contribution in [3.05, 3.63) is 29.8 Å². The summed E-state index contributed by atoms with van der Waals surface area (Å²) in [6.07, 6.45) is 1.59. The summed E-state index contributed by atoms with van der Waals surface area (Å²) in [4.78, 5) is 0. The van der Waals surface area contributed by atoms with E-state index in [1.807, 2.05) is 31.2 Å². The molecule has 0 spiro atoms. The molecule has 0 heterocycles. The Morgan fingerprint density at radius 3 is 2.77 bits per heavy atom. The normalized spacial score (nSPS) is 26.6. The van der Waals surface area contributed by atoms with Gasteiger partial charge in [-0.05, 0) is 37.5 Å². The quantitative estimate of drug-likeness (QED) is 0.749. The molecule has 0 bridgehead atoms. The van der Waals surface area contributed by atoms with Crippen LogP contribution in [0.5, 0.6) is 5.75 Å². The number of benzene rings is 1. The van der Waals surface area contributed by atoms with E-state index in [1.54, 1.807) is 0 Å². The van der Waals surface area contributed by atoms with Crippen LogP contribution >= 0.6 is 0 Å². The number of hydrogen-bond acceptors (Lipinski definition) is 2. The van der Waals surface area contributed by atoms with Crippen LogP contribution in [0.3, 0.4) is 0 Å². The summed E-state index contributed by atoms with van der Waals surface area (Å²) in [6, 6.07) is 7.92. The van der Waals surface area contributed by atoms with Crippen molar-refractivity contribution in [2.45, 2.75) is 32.0 Å². The third-order valence-electron chi connectivity index (χ3n) is 2.45. The molecule has 13 heavy (non-hydrogen) atoms. The topological polar surface area (TPSA) is 29.5 Å². The first kappa shape index (κ1) is 8.57. The largest absolute Gasteiger partial charge is 0.488 e. The molecule has 2 rings (SSSR count). The van der Waals surface area contributed by atoms with E-state index in [9.17, 15) is 5.11 Å². The highest BCUT2D eigenvalue weighted by Gasteiger charge is 2.30. The molecule has 1 aliphatic carbocycles. The van der Waals surface area contributed by atoms with Gasteiger partial charge in [0.2, 0.25) is 0 Å². The summed E-state index contributed by atoms with van der Waals surface area (Å²) in [6.45, 7) is 2.03. The maximum Gasteiger partial charge on any atom is 0.125 e. The van der Waals surface area contributed by atoms with Gasteiger partial charge < -0.3 is 9.84 Å². The van der Waals surface area contributed by atoms with E-state index in [-0.39, 0.29) is 12.2 Å². The summed E-state index contributed by atoms with van der Waals surface area (Å²) < 4.78 is 5.59. The third kappa shape index (κ3) is 1.83. The van der Waals surface area contributed by atoms with Gasteiger partial charge >= 0.3 is 0 Å². The predicted octanol–water partition coefficient (Wildman–Crippen LogP) is 1.90. The molecule has 0 saturated heterocycles. The predicted molar refractivity (Wildman–Crippen MR) is 50.8 cm³/mol. The third-order valence-corrected chi connectivity index (χ3v) is 2.45. The molecule has 0 radical (unpaired) electrons.